The molecule has 23 heavy (non-hydrogen) atoms. The van der Waals surface area contributed by atoms with Crippen LogP contribution in [0.25, 0.3) is 0 Å². The Hall–Kier alpha value is -2.44. The van der Waals surface area contributed by atoms with Gasteiger partial charge >= 0.3 is 5.69 Å². The van der Waals surface area contributed by atoms with E-state index in [0.29, 0.717) is 13.1 Å². The van der Waals surface area contributed by atoms with Gasteiger partial charge in [0.15, 0.2) is 0 Å². The van der Waals surface area contributed by atoms with Gasteiger partial charge < -0.3 is 10.3 Å². The van der Waals surface area contributed by atoms with Crippen molar-refractivity contribution >= 4 is 5.91 Å². The standard InChI is InChI=1S/C16H23N5O2/c1-9-12(4)21(16(23)20-9)7-6-15(22)17-8-14-10(2)18-13(5)19-11(14)3/h6-8H2,1-5H3,(H,17,22)(H,20,23). The summed E-state index contributed by atoms with van der Waals surface area (Å²) >= 11 is 0. The number of imidazole rings is 1. The Morgan fingerprint density at radius 2 is 1.74 bits per heavy atom. The molecule has 2 aromatic rings. The van der Waals surface area contributed by atoms with Crippen molar-refractivity contribution < 1.29 is 4.79 Å². The SMILES string of the molecule is Cc1nc(C)c(CNC(=O)CCn2c(C)c(C)[nH]c2=O)c(C)n1. The molecule has 0 bridgehead atoms. The van der Waals surface area contributed by atoms with Gasteiger partial charge in [-0.2, -0.15) is 0 Å². The van der Waals surface area contributed by atoms with Gasteiger partial charge in [0.2, 0.25) is 5.91 Å². The molecule has 0 aliphatic heterocycles. The number of rotatable bonds is 5. The minimum Gasteiger partial charge on any atom is -0.352 e. The van der Waals surface area contributed by atoms with Crippen LogP contribution < -0.4 is 11.0 Å². The van der Waals surface area contributed by atoms with Gasteiger partial charge in [0.1, 0.15) is 5.82 Å². The number of nitrogens with zero attached hydrogens (tertiary/aromatic N) is 3. The van der Waals surface area contributed by atoms with Crippen molar-refractivity contribution in [3.63, 3.8) is 0 Å². The highest BCUT2D eigenvalue weighted by Gasteiger charge is 2.11. The zero-order valence-electron chi connectivity index (χ0n) is 14.3. The Kier molecular flexibility index (Phi) is 4.98. The number of aryl methyl sites for hydroxylation is 4. The molecule has 0 aromatic carbocycles. The molecule has 0 atom stereocenters. The number of hydrogen-bond acceptors (Lipinski definition) is 4. The van der Waals surface area contributed by atoms with E-state index < -0.39 is 0 Å². The summed E-state index contributed by atoms with van der Waals surface area (Å²) in [5.74, 6) is 0.627. The molecule has 0 spiro atoms. The minimum absolute atomic E-state index is 0.102. The van der Waals surface area contributed by atoms with E-state index in [0.717, 1.165) is 34.2 Å². The average molecular weight is 317 g/mol. The number of carbonyl (C=O) groups is 1. The topological polar surface area (TPSA) is 92.7 Å². The van der Waals surface area contributed by atoms with Crippen LogP contribution in [0.5, 0.6) is 0 Å². The van der Waals surface area contributed by atoms with Gasteiger partial charge in [0.05, 0.1) is 0 Å². The summed E-state index contributed by atoms with van der Waals surface area (Å²) in [6.45, 7) is 10.1. The monoisotopic (exact) mass is 317 g/mol. The van der Waals surface area contributed by atoms with Crippen molar-refractivity contribution in [3.8, 4) is 0 Å². The van der Waals surface area contributed by atoms with Gasteiger partial charge in [-0.15, -0.1) is 0 Å². The summed E-state index contributed by atoms with van der Waals surface area (Å²) in [6, 6.07) is 0. The van der Waals surface area contributed by atoms with Crippen LogP contribution in [-0.2, 0) is 17.9 Å². The predicted molar refractivity (Wildman–Crippen MR) is 87.2 cm³/mol. The van der Waals surface area contributed by atoms with Crippen molar-refractivity contribution in [1.82, 2.24) is 24.8 Å². The summed E-state index contributed by atoms with van der Waals surface area (Å²) in [5.41, 5.74) is 4.22. The van der Waals surface area contributed by atoms with E-state index in [-0.39, 0.29) is 18.0 Å². The van der Waals surface area contributed by atoms with E-state index in [2.05, 4.69) is 20.3 Å². The molecule has 0 aliphatic carbocycles. The van der Waals surface area contributed by atoms with Gasteiger partial charge in [0, 0.05) is 47.8 Å². The third-order valence-corrected chi connectivity index (χ3v) is 4.04. The third-order valence-electron chi connectivity index (χ3n) is 4.04. The first-order valence-corrected chi connectivity index (χ1v) is 7.63. The first kappa shape index (κ1) is 16.9. The molecule has 124 valence electrons. The second-order valence-corrected chi connectivity index (χ2v) is 5.74. The van der Waals surface area contributed by atoms with Crippen molar-refractivity contribution in [2.24, 2.45) is 0 Å². The number of H-pyrrole nitrogens is 1. The highest BCUT2D eigenvalue weighted by Crippen LogP contribution is 2.09. The summed E-state index contributed by atoms with van der Waals surface area (Å²) < 4.78 is 1.58. The quantitative estimate of drug-likeness (QED) is 0.867. The molecule has 0 aliphatic rings. The highest BCUT2D eigenvalue weighted by molar-refractivity contribution is 5.75. The number of aromatic nitrogens is 4. The maximum absolute atomic E-state index is 12.0. The van der Waals surface area contributed by atoms with E-state index in [1.54, 1.807) is 4.57 Å². The fourth-order valence-corrected chi connectivity index (χ4v) is 2.59. The Balaban J connectivity index is 1.95. The normalized spacial score (nSPS) is 10.8. The second-order valence-electron chi connectivity index (χ2n) is 5.74. The lowest BCUT2D eigenvalue weighted by Gasteiger charge is -2.11. The largest absolute Gasteiger partial charge is 0.352 e. The molecule has 2 N–H and O–H groups in total. The lowest BCUT2D eigenvalue weighted by atomic mass is 10.1. The van der Waals surface area contributed by atoms with Gasteiger partial charge in [-0.05, 0) is 34.6 Å². The second kappa shape index (κ2) is 6.76. The van der Waals surface area contributed by atoms with Crippen LogP contribution in [0.1, 0.15) is 40.6 Å². The van der Waals surface area contributed by atoms with Gasteiger partial charge in [-0.3, -0.25) is 9.36 Å². The van der Waals surface area contributed by atoms with Crippen LogP contribution in [-0.4, -0.2) is 25.4 Å². The van der Waals surface area contributed by atoms with Gasteiger partial charge in [-0.1, -0.05) is 0 Å². The molecule has 7 heteroatoms. The molecule has 2 heterocycles. The number of nitrogens with one attached hydrogen (secondary N) is 2. The van der Waals surface area contributed by atoms with Crippen LogP contribution >= 0.6 is 0 Å². The lowest BCUT2D eigenvalue weighted by Crippen LogP contribution is -2.27. The maximum atomic E-state index is 12.0. The minimum atomic E-state index is -0.175. The number of hydrogen-bond donors (Lipinski definition) is 2. The molecule has 0 saturated carbocycles. The molecule has 0 unspecified atom stereocenters. The van der Waals surface area contributed by atoms with E-state index in [4.69, 9.17) is 0 Å². The highest BCUT2D eigenvalue weighted by atomic mass is 16.2. The van der Waals surface area contributed by atoms with Crippen LogP contribution in [0.4, 0.5) is 0 Å². The van der Waals surface area contributed by atoms with Crippen molar-refractivity contribution in [1.29, 1.82) is 0 Å². The van der Waals surface area contributed by atoms with E-state index >= 15 is 0 Å². The zero-order chi connectivity index (χ0) is 17.1. The van der Waals surface area contributed by atoms with Crippen LogP contribution in [0.15, 0.2) is 4.79 Å². The van der Waals surface area contributed by atoms with Gasteiger partial charge in [0.25, 0.3) is 0 Å². The lowest BCUT2D eigenvalue weighted by molar-refractivity contribution is -0.121. The summed E-state index contributed by atoms with van der Waals surface area (Å²) in [5, 5.41) is 2.87. The van der Waals surface area contributed by atoms with Crippen LogP contribution in [0.2, 0.25) is 0 Å². The third kappa shape index (κ3) is 3.85. The Labute approximate surface area is 135 Å². The first-order chi connectivity index (χ1) is 10.8. The van der Waals surface area contributed by atoms with Crippen LogP contribution in [0, 0.1) is 34.6 Å². The molecule has 1 amide bonds. The Morgan fingerprint density at radius 3 is 2.26 bits per heavy atom. The van der Waals surface area contributed by atoms with Crippen LogP contribution in [0.3, 0.4) is 0 Å². The van der Waals surface area contributed by atoms with Gasteiger partial charge in [-0.25, -0.2) is 14.8 Å². The maximum Gasteiger partial charge on any atom is 0.325 e. The number of carbonyl (C=O) groups excluding carboxylic acids is 1. The predicted octanol–water partition coefficient (Wildman–Crippen LogP) is 1.22. The van der Waals surface area contributed by atoms with E-state index in [1.807, 2.05) is 34.6 Å². The molecule has 0 radical (unpaired) electrons. The summed E-state index contributed by atoms with van der Waals surface area (Å²) in [6.07, 6.45) is 0.253. The average Bonchev–Trinajstić information content (AvgIpc) is 2.69. The zero-order valence-corrected chi connectivity index (χ0v) is 14.3. The smallest absolute Gasteiger partial charge is 0.325 e. The molecule has 0 saturated heterocycles. The Bertz CT molecular complexity index is 765. The fraction of sp³-hybridized carbons (Fsp3) is 0.500. The van der Waals surface area contributed by atoms with E-state index in [9.17, 15) is 9.59 Å². The van der Waals surface area contributed by atoms with Crippen molar-refractivity contribution in [3.05, 3.63) is 44.6 Å². The Morgan fingerprint density at radius 1 is 1.13 bits per heavy atom. The van der Waals surface area contributed by atoms with Crippen molar-refractivity contribution in [2.75, 3.05) is 0 Å². The van der Waals surface area contributed by atoms with Crippen molar-refractivity contribution in [2.45, 2.75) is 54.1 Å². The molecule has 2 aromatic heterocycles. The van der Waals surface area contributed by atoms with E-state index in [1.165, 1.54) is 0 Å². The molecular formula is C16H23N5O2. The number of amides is 1. The summed E-state index contributed by atoms with van der Waals surface area (Å²) in [4.78, 5) is 35.1. The fourth-order valence-electron chi connectivity index (χ4n) is 2.59. The molecule has 2 rings (SSSR count). The molecular weight excluding hydrogens is 294 g/mol. The molecule has 7 nitrogen and oxygen atoms in total. The molecule has 0 fully saturated rings. The summed E-state index contributed by atoms with van der Waals surface area (Å²) in [7, 11) is 0. The number of aromatic amines is 1. The first-order valence-electron chi connectivity index (χ1n) is 7.63.